The second-order valence-electron chi connectivity index (χ2n) is 3.69. The molecule has 0 spiro atoms. The second kappa shape index (κ2) is 4.57. The molecule has 82 valence electrons. The minimum atomic E-state index is -0.822. The van der Waals surface area contributed by atoms with Crippen LogP contribution in [0.5, 0.6) is 0 Å². The van der Waals surface area contributed by atoms with Gasteiger partial charge in [0, 0.05) is 24.4 Å². The number of benzene rings is 1. The maximum absolute atomic E-state index is 12.9. The first kappa shape index (κ1) is 10.4. The first-order valence-electron chi connectivity index (χ1n) is 5.05. The topological polar surface area (TPSA) is 21.3 Å². The van der Waals surface area contributed by atoms with E-state index in [9.17, 15) is 8.78 Å². The highest BCUT2D eigenvalue weighted by Gasteiger charge is 2.13. The molecule has 1 heterocycles. The van der Waals surface area contributed by atoms with Crippen LogP contribution in [0.25, 0.3) is 0 Å². The highest BCUT2D eigenvalue weighted by atomic mass is 19.2. The monoisotopic (exact) mass is 213 g/mol. The fourth-order valence-electron chi connectivity index (χ4n) is 1.68. The van der Waals surface area contributed by atoms with Crippen molar-refractivity contribution in [1.82, 2.24) is 0 Å². The lowest BCUT2D eigenvalue weighted by Gasteiger charge is -2.24. The van der Waals surface area contributed by atoms with Gasteiger partial charge < -0.3 is 10.1 Å². The molecular weight excluding hydrogens is 200 g/mol. The average molecular weight is 213 g/mol. The number of nitrogens with one attached hydrogen (secondary N) is 1. The molecular formula is C11H13F2NO. The number of rotatable bonds is 2. The third-order valence-electron chi connectivity index (χ3n) is 2.45. The third-order valence-corrected chi connectivity index (χ3v) is 2.45. The maximum atomic E-state index is 12.9. The molecule has 0 aromatic heterocycles. The van der Waals surface area contributed by atoms with Gasteiger partial charge >= 0.3 is 0 Å². The summed E-state index contributed by atoms with van der Waals surface area (Å²) in [5.41, 5.74) is 0.601. The Balaban J connectivity index is 2.00. The van der Waals surface area contributed by atoms with Gasteiger partial charge in [-0.15, -0.1) is 0 Å². The Kier molecular flexibility index (Phi) is 3.16. The van der Waals surface area contributed by atoms with Crippen LogP contribution in [0.15, 0.2) is 18.2 Å². The minimum absolute atomic E-state index is 0.198. The van der Waals surface area contributed by atoms with Gasteiger partial charge in [-0.3, -0.25) is 0 Å². The van der Waals surface area contributed by atoms with E-state index < -0.39 is 11.6 Å². The summed E-state index contributed by atoms with van der Waals surface area (Å²) in [4.78, 5) is 0. The molecule has 0 amide bonds. The van der Waals surface area contributed by atoms with Crippen LogP contribution in [0.3, 0.4) is 0 Å². The molecule has 1 saturated heterocycles. The Morgan fingerprint density at radius 2 is 2.13 bits per heavy atom. The average Bonchev–Trinajstić information content (AvgIpc) is 2.25. The zero-order chi connectivity index (χ0) is 10.7. The summed E-state index contributed by atoms with van der Waals surface area (Å²) in [6.07, 6.45) is 2.00. The number of ether oxygens (including phenoxy) is 1. The van der Waals surface area contributed by atoms with Crippen molar-refractivity contribution < 1.29 is 13.5 Å². The molecule has 2 rings (SSSR count). The van der Waals surface area contributed by atoms with E-state index in [2.05, 4.69) is 5.32 Å². The fourth-order valence-corrected chi connectivity index (χ4v) is 1.68. The smallest absolute Gasteiger partial charge is 0.160 e. The highest BCUT2D eigenvalue weighted by molar-refractivity contribution is 5.44. The molecule has 1 unspecified atom stereocenters. The van der Waals surface area contributed by atoms with E-state index in [0.29, 0.717) is 12.3 Å². The van der Waals surface area contributed by atoms with Crippen LogP contribution in [0.4, 0.5) is 14.5 Å². The summed E-state index contributed by atoms with van der Waals surface area (Å²) in [6, 6.07) is 4.03. The van der Waals surface area contributed by atoms with Crippen molar-refractivity contribution in [3.63, 3.8) is 0 Å². The first-order chi connectivity index (χ1) is 7.25. The van der Waals surface area contributed by atoms with Crippen LogP contribution in [0.1, 0.15) is 12.8 Å². The van der Waals surface area contributed by atoms with E-state index in [-0.39, 0.29) is 6.04 Å². The predicted molar refractivity (Wildman–Crippen MR) is 53.8 cm³/mol. The minimum Gasteiger partial charge on any atom is -0.380 e. The lowest BCUT2D eigenvalue weighted by Crippen LogP contribution is -2.29. The summed E-state index contributed by atoms with van der Waals surface area (Å²) >= 11 is 0. The normalized spacial score (nSPS) is 21.3. The lowest BCUT2D eigenvalue weighted by molar-refractivity contribution is 0.0876. The molecule has 1 aliphatic heterocycles. The van der Waals surface area contributed by atoms with Crippen LogP contribution in [0, 0.1) is 11.6 Å². The number of halogens is 2. The van der Waals surface area contributed by atoms with E-state index in [4.69, 9.17) is 4.74 Å². The van der Waals surface area contributed by atoms with Gasteiger partial charge in [0.05, 0.1) is 6.61 Å². The van der Waals surface area contributed by atoms with Crippen molar-refractivity contribution in [2.75, 3.05) is 18.5 Å². The Bertz CT molecular complexity index is 337. The molecule has 4 heteroatoms. The molecule has 0 bridgehead atoms. The SMILES string of the molecule is Fc1ccc(NC2CCCOC2)cc1F. The Hall–Kier alpha value is -1.16. The summed E-state index contributed by atoms with van der Waals surface area (Å²) in [5.74, 6) is -1.64. The number of anilines is 1. The molecule has 1 N–H and O–H groups in total. The van der Waals surface area contributed by atoms with Crippen molar-refractivity contribution in [1.29, 1.82) is 0 Å². The van der Waals surface area contributed by atoms with E-state index in [0.717, 1.165) is 25.5 Å². The summed E-state index contributed by atoms with van der Waals surface area (Å²) in [5, 5.41) is 3.12. The quantitative estimate of drug-likeness (QED) is 0.815. The van der Waals surface area contributed by atoms with Crippen LogP contribution < -0.4 is 5.32 Å². The predicted octanol–water partition coefficient (Wildman–Crippen LogP) is 2.56. The summed E-state index contributed by atoms with van der Waals surface area (Å²) in [6.45, 7) is 1.41. The Morgan fingerprint density at radius 3 is 2.80 bits per heavy atom. The van der Waals surface area contributed by atoms with Gasteiger partial charge in [-0.05, 0) is 25.0 Å². The molecule has 0 saturated carbocycles. The highest BCUT2D eigenvalue weighted by Crippen LogP contribution is 2.17. The van der Waals surface area contributed by atoms with Crippen LogP contribution >= 0.6 is 0 Å². The standard InChI is InChI=1S/C11H13F2NO/c12-10-4-3-8(6-11(10)13)14-9-2-1-5-15-7-9/h3-4,6,9,14H,1-2,5,7H2. The molecule has 0 radical (unpaired) electrons. The molecule has 1 atom stereocenters. The molecule has 2 nitrogen and oxygen atoms in total. The van der Waals surface area contributed by atoms with Crippen molar-refractivity contribution in [3.8, 4) is 0 Å². The zero-order valence-electron chi connectivity index (χ0n) is 8.30. The van der Waals surface area contributed by atoms with E-state index >= 15 is 0 Å². The van der Waals surface area contributed by atoms with E-state index in [1.807, 2.05) is 0 Å². The van der Waals surface area contributed by atoms with E-state index in [1.165, 1.54) is 12.1 Å². The number of hydrogen-bond donors (Lipinski definition) is 1. The van der Waals surface area contributed by atoms with Gasteiger partial charge in [0.15, 0.2) is 11.6 Å². The van der Waals surface area contributed by atoms with Gasteiger partial charge in [0.2, 0.25) is 0 Å². The first-order valence-corrected chi connectivity index (χ1v) is 5.05. The van der Waals surface area contributed by atoms with Crippen LogP contribution in [-0.4, -0.2) is 19.3 Å². The van der Waals surface area contributed by atoms with Crippen molar-refractivity contribution >= 4 is 5.69 Å². The van der Waals surface area contributed by atoms with Crippen LogP contribution in [-0.2, 0) is 4.74 Å². The van der Waals surface area contributed by atoms with Gasteiger partial charge in [0.1, 0.15) is 0 Å². The Labute approximate surface area is 87.2 Å². The number of hydrogen-bond acceptors (Lipinski definition) is 2. The lowest BCUT2D eigenvalue weighted by atomic mass is 10.1. The van der Waals surface area contributed by atoms with Crippen molar-refractivity contribution in [2.24, 2.45) is 0 Å². The molecule has 15 heavy (non-hydrogen) atoms. The third kappa shape index (κ3) is 2.65. The van der Waals surface area contributed by atoms with Gasteiger partial charge in [-0.2, -0.15) is 0 Å². The van der Waals surface area contributed by atoms with Crippen LogP contribution in [0.2, 0.25) is 0 Å². The fraction of sp³-hybridized carbons (Fsp3) is 0.455. The summed E-state index contributed by atoms with van der Waals surface area (Å²) in [7, 11) is 0. The largest absolute Gasteiger partial charge is 0.380 e. The maximum Gasteiger partial charge on any atom is 0.160 e. The van der Waals surface area contributed by atoms with Crippen molar-refractivity contribution in [2.45, 2.75) is 18.9 Å². The molecule has 1 aromatic carbocycles. The van der Waals surface area contributed by atoms with Gasteiger partial charge in [-0.25, -0.2) is 8.78 Å². The van der Waals surface area contributed by atoms with E-state index in [1.54, 1.807) is 0 Å². The van der Waals surface area contributed by atoms with Gasteiger partial charge in [0.25, 0.3) is 0 Å². The molecule has 0 aliphatic carbocycles. The molecule has 1 aromatic rings. The summed E-state index contributed by atoms with van der Waals surface area (Å²) < 4.78 is 30.8. The molecule has 1 fully saturated rings. The Morgan fingerprint density at radius 1 is 1.27 bits per heavy atom. The molecule has 1 aliphatic rings. The second-order valence-corrected chi connectivity index (χ2v) is 3.69. The van der Waals surface area contributed by atoms with Gasteiger partial charge in [-0.1, -0.05) is 0 Å². The van der Waals surface area contributed by atoms with Crippen molar-refractivity contribution in [3.05, 3.63) is 29.8 Å². The zero-order valence-corrected chi connectivity index (χ0v) is 8.30.